The quantitative estimate of drug-likeness (QED) is 0.685. The van der Waals surface area contributed by atoms with Gasteiger partial charge in [-0.05, 0) is 46.7 Å². The molecule has 1 atom stereocenters. The third kappa shape index (κ3) is 1.65. The van der Waals surface area contributed by atoms with Crippen LogP contribution >= 0.6 is 0 Å². The van der Waals surface area contributed by atoms with Gasteiger partial charge in [0.25, 0.3) is 0 Å². The first-order valence-electron chi connectivity index (χ1n) is 7.86. The molecule has 1 aliphatic carbocycles. The van der Waals surface area contributed by atoms with Crippen molar-refractivity contribution in [3.63, 3.8) is 0 Å². The molecule has 0 spiro atoms. The fourth-order valence-electron chi connectivity index (χ4n) is 3.77. The van der Waals surface area contributed by atoms with Crippen LogP contribution in [-0.2, 0) is 10.4 Å². The molecule has 25 heavy (non-hydrogen) atoms. The molecule has 5 rings (SSSR count). The Labute approximate surface area is 143 Å². The zero-order valence-corrected chi connectivity index (χ0v) is 13.0. The lowest BCUT2D eigenvalue weighted by Gasteiger charge is -2.37. The Morgan fingerprint density at radius 3 is 2.68 bits per heavy atom. The van der Waals surface area contributed by atoms with Crippen LogP contribution < -0.4 is 4.74 Å². The number of nitrogens with zero attached hydrogens (tertiary/aromatic N) is 1. The molecule has 0 bridgehead atoms. The molecule has 0 saturated carbocycles. The Morgan fingerprint density at radius 2 is 1.84 bits per heavy atom. The standard InChI is InChI=1S/C21H11NO3/c22-11-12-4-7-15-14(10-12)5-8-17-20(15)21(24)18(23)9-6-13-2-1-3-16(25-17)19(13)21/h1-10,24H. The van der Waals surface area contributed by atoms with Gasteiger partial charge in [-0.1, -0.05) is 30.3 Å². The Balaban J connectivity index is 1.93. The zero-order valence-electron chi connectivity index (χ0n) is 13.0. The Bertz CT molecular complexity index is 1170. The van der Waals surface area contributed by atoms with Gasteiger partial charge in [-0.15, -0.1) is 0 Å². The number of hydrogen-bond donors (Lipinski definition) is 1. The monoisotopic (exact) mass is 325 g/mol. The molecule has 1 heterocycles. The minimum atomic E-state index is -1.79. The number of aliphatic hydroxyl groups is 1. The predicted octanol–water partition coefficient (Wildman–Crippen LogP) is 3.65. The summed E-state index contributed by atoms with van der Waals surface area (Å²) in [7, 11) is 0. The molecule has 0 aromatic heterocycles. The van der Waals surface area contributed by atoms with Crippen LogP contribution in [0.4, 0.5) is 0 Å². The average Bonchev–Trinajstić information content (AvgIpc) is 2.64. The normalized spacial score (nSPS) is 19.8. The number of rotatable bonds is 0. The van der Waals surface area contributed by atoms with E-state index >= 15 is 0 Å². The van der Waals surface area contributed by atoms with E-state index in [9.17, 15) is 9.90 Å². The molecule has 118 valence electrons. The predicted molar refractivity (Wildman–Crippen MR) is 92.2 cm³/mol. The van der Waals surface area contributed by atoms with Crippen molar-refractivity contribution in [1.82, 2.24) is 0 Å². The summed E-state index contributed by atoms with van der Waals surface area (Å²) in [5.74, 6) is 0.542. The lowest BCUT2D eigenvalue weighted by Crippen LogP contribution is -2.41. The summed E-state index contributed by atoms with van der Waals surface area (Å²) in [6, 6.07) is 16.3. The molecule has 0 fully saturated rings. The minimum Gasteiger partial charge on any atom is -0.456 e. The van der Waals surface area contributed by atoms with E-state index in [0.717, 1.165) is 10.9 Å². The average molecular weight is 325 g/mol. The van der Waals surface area contributed by atoms with Crippen molar-refractivity contribution in [1.29, 1.82) is 5.26 Å². The van der Waals surface area contributed by atoms with E-state index < -0.39 is 11.4 Å². The Morgan fingerprint density at radius 1 is 1.00 bits per heavy atom. The Kier molecular flexibility index (Phi) is 2.55. The van der Waals surface area contributed by atoms with Crippen molar-refractivity contribution in [3.8, 4) is 17.6 Å². The van der Waals surface area contributed by atoms with E-state index in [-0.39, 0.29) is 0 Å². The van der Waals surface area contributed by atoms with Gasteiger partial charge in [0.1, 0.15) is 11.5 Å². The topological polar surface area (TPSA) is 70.3 Å². The van der Waals surface area contributed by atoms with Gasteiger partial charge in [0.2, 0.25) is 0 Å². The highest BCUT2D eigenvalue weighted by Crippen LogP contribution is 2.52. The summed E-state index contributed by atoms with van der Waals surface area (Å²) in [5, 5.41) is 22.2. The first kappa shape index (κ1) is 14.0. The van der Waals surface area contributed by atoms with Gasteiger partial charge in [0.15, 0.2) is 11.4 Å². The largest absolute Gasteiger partial charge is 0.456 e. The van der Waals surface area contributed by atoms with Crippen LogP contribution in [0, 0.1) is 11.3 Å². The molecule has 3 aromatic carbocycles. The molecule has 4 nitrogen and oxygen atoms in total. The fourth-order valence-corrected chi connectivity index (χ4v) is 3.77. The molecular weight excluding hydrogens is 314 g/mol. The van der Waals surface area contributed by atoms with Crippen LogP contribution in [0.1, 0.15) is 22.3 Å². The van der Waals surface area contributed by atoms with Gasteiger partial charge in [-0.25, -0.2) is 0 Å². The van der Waals surface area contributed by atoms with E-state index in [1.165, 1.54) is 6.08 Å². The van der Waals surface area contributed by atoms with Gasteiger partial charge in [-0.3, -0.25) is 4.79 Å². The second-order valence-corrected chi connectivity index (χ2v) is 6.22. The number of fused-ring (bicyclic) bond motifs is 4. The van der Waals surface area contributed by atoms with Crippen LogP contribution in [0.2, 0.25) is 0 Å². The van der Waals surface area contributed by atoms with Crippen LogP contribution in [0.15, 0.2) is 54.6 Å². The lowest BCUT2D eigenvalue weighted by atomic mass is 9.73. The molecule has 0 radical (unpaired) electrons. The second kappa shape index (κ2) is 4.56. The zero-order chi connectivity index (χ0) is 17.2. The molecule has 3 aromatic rings. The first-order chi connectivity index (χ1) is 12.1. The highest BCUT2D eigenvalue weighted by Gasteiger charge is 2.49. The molecule has 1 unspecified atom stereocenters. The second-order valence-electron chi connectivity index (χ2n) is 6.22. The fraction of sp³-hybridized carbons (Fsp3) is 0.0476. The molecule has 0 amide bonds. The lowest BCUT2D eigenvalue weighted by molar-refractivity contribution is -0.129. The third-order valence-corrected chi connectivity index (χ3v) is 4.88. The summed E-state index contributed by atoms with van der Waals surface area (Å²) < 4.78 is 5.99. The number of carbonyl (C=O) groups excluding carboxylic acids is 1. The molecular formula is C21H11NO3. The van der Waals surface area contributed by atoms with E-state index in [1.54, 1.807) is 36.4 Å². The Hall–Kier alpha value is -3.42. The number of ether oxygens (including phenoxy) is 1. The maximum absolute atomic E-state index is 12.8. The van der Waals surface area contributed by atoms with Crippen LogP contribution in [-0.4, -0.2) is 10.9 Å². The summed E-state index contributed by atoms with van der Waals surface area (Å²) in [6.07, 6.45) is 3.10. The van der Waals surface area contributed by atoms with E-state index in [2.05, 4.69) is 6.07 Å². The van der Waals surface area contributed by atoms with E-state index in [1.807, 2.05) is 18.2 Å². The molecule has 1 aliphatic heterocycles. The van der Waals surface area contributed by atoms with Crippen molar-refractivity contribution in [2.75, 3.05) is 0 Å². The van der Waals surface area contributed by atoms with Crippen molar-refractivity contribution >= 4 is 22.6 Å². The van der Waals surface area contributed by atoms with E-state index in [0.29, 0.717) is 33.6 Å². The number of carbonyl (C=O) groups is 1. The van der Waals surface area contributed by atoms with Gasteiger partial charge < -0.3 is 9.84 Å². The van der Waals surface area contributed by atoms with Crippen molar-refractivity contribution < 1.29 is 14.6 Å². The van der Waals surface area contributed by atoms with Crippen LogP contribution in [0.25, 0.3) is 16.8 Å². The summed E-state index contributed by atoms with van der Waals surface area (Å²) in [4.78, 5) is 12.8. The summed E-state index contributed by atoms with van der Waals surface area (Å²) in [5.41, 5.74) is 0.403. The summed E-state index contributed by atoms with van der Waals surface area (Å²) >= 11 is 0. The molecule has 1 N–H and O–H groups in total. The number of hydrogen-bond acceptors (Lipinski definition) is 4. The van der Waals surface area contributed by atoms with Crippen molar-refractivity contribution in [2.24, 2.45) is 0 Å². The molecule has 0 saturated heterocycles. The van der Waals surface area contributed by atoms with Gasteiger partial charge in [0, 0.05) is 11.1 Å². The minimum absolute atomic E-state index is 0.395. The van der Waals surface area contributed by atoms with Crippen molar-refractivity contribution in [2.45, 2.75) is 5.60 Å². The third-order valence-electron chi connectivity index (χ3n) is 4.88. The number of nitriles is 1. The maximum atomic E-state index is 12.8. The molecule has 2 aliphatic rings. The highest BCUT2D eigenvalue weighted by atomic mass is 16.5. The van der Waals surface area contributed by atoms with Crippen molar-refractivity contribution in [3.05, 3.63) is 76.9 Å². The van der Waals surface area contributed by atoms with Crippen LogP contribution in [0.5, 0.6) is 11.5 Å². The van der Waals surface area contributed by atoms with E-state index in [4.69, 9.17) is 10.00 Å². The number of ketones is 1. The van der Waals surface area contributed by atoms with Crippen LogP contribution in [0.3, 0.4) is 0 Å². The van der Waals surface area contributed by atoms with Gasteiger partial charge >= 0.3 is 0 Å². The number of benzene rings is 3. The smallest absolute Gasteiger partial charge is 0.196 e. The SMILES string of the molecule is N#Cc1ccc2c3c(ccc2c1)Oc1cccc2c1C3(O)C(=O)C=C2. The van der Waals surface area contributed by atoms with Gasteiger partial charge in [-0.2, -0.15) is 5.26 Å². The summed E-state index contributed by atoms with van der Waals surface area (Å²) in [6.45, 7) is 0. The first-order valence-corrected chi connectivity index (χ1v) is 7.86. The maximum Gasteiger partial charge on any atom is 0.196 e. The highest BCUT2D eigenvalue weighted by molar-refractivity contribution is 6.10. The van der Waals surface area contributed by atoms with Gasteiger partial charge in [0.05, 0.1) is 11.6 Å². The molecule has 4 heteroatoms.